The molecular formula is C15H14BrClN2O2. The minimum Gasteiger partial charge on any atom is -0.483 e. The molecule has 0 fully saturated rings. The van der Waals surface area contributed by atoms with Gasteiger partial charge < -0.3 is 15.8 Å². The molecule has 3 N–H and O–H groups in total. The van der Waals surface area contributed by atoms with Crippen LogP contribution < -0.4 is 15.8 Å². The number of nitrogen functional groups attached to an aromatic ring is 1. The van der Waals surface area contributed by atoms with Gasteiger partial charge in [0.1, 0.15) is 5.75 Å². The number of anilines is 2. The van der Waals surface area contributed by atoms with E-state index >= 15 is 0 Å². The second-order valence-electron chi connectivity index (χ2n) is 4.48. The number of benzene rings is 2. The summed E-state index contributed by atoms with van der Waals surface area (Å²) in [6.45, 7) is 1.83. The van der Waals surface area contributed by atoms with Gasteiger partial charge in [-0.1, -0.05) is 33.6 Å². The summed E-state index contributed by atoms with van der Waals surface area (Å²) in [5, 5.41) is 3.15. The lowest BCUT2D eigenvalue weighted by Crippen LogP contribution is -2.20. The Bertz CT molecular complexity index is 677. The summed E-state index contributed by atoms with van der Waals surface area (Å²) in [6.07, 6.45) is 0. The first-order valence-electron chi connectivity index (χ1n) is 6.19. The van der Waals surface area contributed by atoms with E-state index in [4.69, 9.17) is 22.1 Å². The number of rotatable bonds is 4. The van der Waals surface area contributed by atoms with E-state index in [0.717, 1.165) is 10.0 Å². The van der Waals surface area contributed by atoms with Crippen molar-refractivity contribution in [3.05, 3.63) is 51.5 Å². The molecule has 0 saturated heterocycles. The van der Waals surface area contributed by atoms with Crippen LogP contribution >= 0.6 is 27.5 Å². The number of halogens is 2. The van der Waals surface area contributed by atoms with E-state index in [1.54, 1.807) is 18.2 Å². The molecule has 0 unspecified atom stereocenters. The van der Waals surface area contributed by atoms with Crippen molar-refractivity contribution in [1.29, 1.82) is 0 Å². The third-order valence-electron chi connectivity index (χ3n) is 2.79. The van der Waals surface area contributed by atoms with Gasteiger partial charge in [0.15, 0.2) is 6.61 Å². The van der Waals surface area contributed by atoms with Crippen molar-refractivity contribution in [2.75, 3.05) is 17.7 Å². The Labute approximate surface area is 136 Å². The van der Waals surface area contributed by atoms with E-state index < -0.39 is 0 Å². The van der Waals surface area contributed by atoms with Crippen LogP contribution in [0.4, 0.5) is 11.4 Å². The first-order valence-corrected chi connectivity index (χ1v) is 7.36. The third-order valence-corrected chi connectivity index (χ3v) is 3.63. The molecule has 21 heavy (non-hydrogen) atoms. The lowest BCUT2D eigenvalue weighted by Gasteiger charge is -2.10. The van der Waals surface area contributed by atoms with Crippen LogP contribution in [0.3, 0.4) is 0 Å². The van der Waals surface area contributed by atoms with E-state index in [-0.39, 0.29) is 12.5 Å². The van der Waals surface area contributed by atoms with Crippen LogP contribution in [0, 0.1) is 6.92 Å². The van der Waals surface area contributed by atoms with E-state index in [0.29, 0.717) is 22.1 Å². The van der Waals surface area contributed by atoms with Crippen molar-refractivity contribution < 1.29 is 9.53 Å². The number of ether oxygens (including phenoxy) is 1. The molecule has 0 aliphatic carbocycles. The average Bonchev–Trinajstić information content (AvgIpc) is 2.44. The normalized spacial score (nSPS) is 10.2. The van der Waals surface area contributed by atoms with Crippen LogP contribution in [-0.2, 0) is 4.79 Å². The molecule has 0 heterocycles. The van der Waals surface area contributed by atoms with Gasteiger partial charge >= 0.3 is 0 Å². The maximum atomic E-state index is 11.9. The fourth-order valence-corrected chi connectivity index (χ4v) is 2.15. The highest BCUT2D eigenvalue weighted by atomic mass is 79.9. The molecule has 110 valence electrons. The Morgan fingerprint density at radius 1 is 1.33 bits per heavy atom. The van der Waals surface area contributed by atoms with E-state index in [9.17, 15) is 4.79 Å². The molecule has 6 heteroatoms. The summed E-state index contributed by atoms with van der Waals surface area (Å²) in [5.41, 5.74) is 7.63. The molecule has 1 amide bonds. The monoisotopic (exact) mass is 368 g/mol. The van der Waals surface area contributed by atoms with Crippen molar-refractivity contribution in [3.63, 3.8) is 0 Å². The molecule has 2 aromatic carbocycles. The molecule has 0 bridgehead atoms. The Balaban J connectivity index is 1.95. The number of hydrogen-bond acceptors (Lipinski definition) is 3. The molecule has 0 spiro atoms. The smallest absolute Gasteiger partial charge is 0.262 e. The lowest BCUT2D eigenvalue weighted by atomic mass is 10.2. The van der Waals surface area contributed by atoms with Gasteiger partial charge in [0.2, 0.25) is 0 Å². The first-order chi connectivity index (χ1) is 9.95. The number of carbonyl (C=O) groups is 1. The lowest BCUT2D eigenvalue weighted by molar-refractivity contribution is -0.118. The van der Waals surface area contributed by atoms with E-state index in [1.807, 2.05) is 25.1 Å². The van der Waals surface area contributed by atoms with Crippen LogP contribution in [0.15, 0.2) is 40.9 Å². The van der Waals surface area contributed by atoms with Crippen molar-refractivity contribution in [3.8, 4) is 5.75 Å². The standard InChI is InChI=1S/C15H14BrClN2O2/c1-9-2-3-10(16)6-14(9)21-8-15(20)19-11-4-5-12(17)13(18)7-11/h2-7H,8,18H2,1H3,(H,19,20). The molecule has 2 rings (SSSR count). The SMILES string of the molecule is Cc1ccc(Br)cc1OCC(=O)Nc1ccc(Cl)c(N)c1. The predicted octanol–water partition coefficient (Wildman–Crippen LogP) is 4.01. The second kappa shape index (κ2) is 6.83. The molecule has 0 saturated carbocycles. The van der Waals surface area contributed by atoms with Gasteiger partial charge in [0, 0.05) is 10.2 Å². The van der Waals surface area contributed by atoms with Gasteiger partial charge in [-0.3, -0.25) is 4.79 Å². The summed E-state index contributed by atoms with van der Waals surface area (Å²) in [7, 11) is 0. The van der Waals surface area contributed by atoms with Crippen molar-refractivity contribution in [1.82, 2.24) is 0 Å². The molecule has 0 radical (unpaired) electrons. The second-order valence-corrected chi connectivity index (χ2v) is 5.81. The van der Waals surface area contributed by atoms with E-state index in [1.165, 1.54) is 0 Å². The van der Waals surface area contributed by atoms with Crippen LogP contribution in [0.2, 0.25) is 5.02 Å². The van der Waals surface area contributed by atoms with Crippen LogP contribution in [0.1, 0.15) is 5.56 Å². The number of nitrogens with two attached hydrogens (primary N) is 1. The highest BCUT2D eigenvalue weighted by Gasteiger charge is 2.07. The van der Waals surface area contributed by atoms with Crippen LogP contribution in [0.5, 0.6) is 5.75 Å². The minimum atomic E-state index is -0.268. The zero-order valence-electron chi connectivity index (χ0n) is 11.3. The quantitative estimate of drug-likeness (QED) is 0.800. The largest absolute Gasteiger partial charge is 0.483 e. The summed E-state index contributed by atoms with van der Waals surface area (Å²) in [5.74, 6) is 0.395. The molecule has 2 aromatic rings. The fourth-order valence-electron chi connectivity index (χ4n) is 1.69. The molecule has 0 aliphatic rings. The summed E-state index contributed by atoms with van der Waals surface area (Å²) >= 11 is 9.19. The molecular weight excluding hydrogens is 356 g/mol. The van der Waals surface area contributed by atoms with Gasteiger partial charge in [0.25, 0.3) is 5.91 Å². The van der Waals surface area contributed by atoms with Gasteiger partial charge in [0.05, 0.1) is 10.7 Å². The Kier molecular flexibility index (Phi) is 5.09. The zero-order valence-corrected chi connectivity index (χ0v) is 13.7. The third kappa shape index (κ3) is 4.37. The zero-order chi connectivity index (χ0) is 15.4. The molecule has 0 aliphatic heterocycles. The Hall–Kier alpha value is -1.72. The van der Waals surface area contributed by atoms with Crippen LogP contribution in [0.25, 0.3) is 0 Å². The highest BCUT2D eigenvalue weighted by molar-refractivity contribution is 9.10. The number of hydrogen-bond donors (Lipinski definition) is 2. The first kappa shape index (κ1) is 15.7. The minimum absolute atomic E-state index is 0.0835. The highest BCUT2D eigenvalue weighted by Crippen LogP contribution is 2.24. The molecule has 0 aromatic heterocycles. The molecule has 4 nitrogen and oxygen atoms in total. The fraction of sp³-hybridized carbons (Fsp3) is 0.133. The topological polar surface area (TPSA) is 64.3 Å². The maximum Gasteiger partial charge on any atom is 0.262 e. The Morgan fingerprint density at radius 2 is 2.10 bits per heavy atom. The van der Waals surface area contributed by atoms with Crippen molar-refractivity contribution in [2.24, 2.45) is 0 Å². The number of amides is 1. The summed E-state index contributed by atoms with van der Waals surface area (Å²) in [4.78, 5) is 11.9. The molecule has 0 atom stereocenters. The number of carbonyl (C=O) groups excluding carboxylic acids is 1. The van der Waals surface area contributed by atoms with Crippen LogP contribution in [-0.4, -0.2) is 12.5 Å². The average molecular weight is 370 g/mol. The van der Waals surface area contributed by atoms with Crippen molar-refractivity contribution in [2.45, 2.75) is 6.92 Å². The van der Waals surface area contributed by atoms with E-state index in [2.05, 4.69) is 21.2 Å². The van der Waals surface area contributed by atoms with Gasteiger partial charge in [-0.25, -0.2) is 0 Å². The summed E-state index contributed by atoms with van der Waals surface area (Å²) in [6, 6.07) is 10.6. The number of aryl methyl sites for hydroxylation is 1. The number of nitrogens with one attached hydrogen (secondary N) is 1. The van der Waals surface area contributed by atoms with Gasteiger partial charge in [-0.05, 0) is 42.8 Å². The Morgan fingerprint density at radius 3 is 2.81 bits per heavy atom. The van der Waals surface area contributed by atoms with Gasteiger partial charge in [-0.15, -0.1) is 0 Å². The van der Waals surface area contributed by atoms with Crippen molar-refractivity contribution >= 4 is 44.8 Å². The maximum absolute atomic E-state index is 11.9. The predicted molar refractivity (Wildman–Crippen MR) is 88.9 cm³/mol. The van der Waals surface area contributed by atoms with Gasteiger partial charge in [-0.2, -0.15) is 0 Å². The summed E-state index contributed by atoms with van der Waals surface area (Å²) < 4.78 is 6.40.